The van der Waals surface area contributed by atoms with Crippen LogP contribution in [0.25, 0.3) is 0 Å². The average molecular weight is 641 g/mol. The number of carbonyl (C=O) groups is 2. The Balaban J connectivity index is 2.04. The summed E-state index contributed by atoms with van der Waals surface area (Å²) in [5, 5.41) is 30.7. The molecule has 1 amide bonds. The van der Waals surface area contributed by atoms with Crippen molar-refractivity contribution < 1.29 is 33.3 Å². The molecule has 1 unspecified atom stereocenters. The number of methoxy groups -OCH3 is 1. The van der Waals surface area contributed by atoms with Gasteiger partial charge in [0.2, 0.25) is 0 Å². The highest BCUT2D eigenvalue weighted by atomic mass is 32.1. The van der Waals surface area contributed by atoms with Crippen LogP contribution in [0.2, 0.25) is 0 Å². The minimum atomic E-state index is -1.08. The summed E-state index contributed by atoms with van der Waals surface area (Å²) in [7, 11) is 1.26. The maximum absolute atomic E-state index is 16.0. The van der Waals surface area contributed by atoms with E-state index in [1.165, 1.54) is 7.11 Å². The fourth-order valence-corrected chi connectivity index (χ4v) is 4.85. The summed E-state index contributed by atoms with van der Waals surface area (Å²) >= 11 is 1.15. The van der Waals surface area contributed by atoms with Crippen LogP contribution in [0.1, 0.15) is 65.7 Å². The SMILES string of the molecule is CCc1cc(OCCO)c(F)c(C(Nc2ccc(C#N)c(CNC(=O)OC(C)(C)C)c2)/C(N)=N/Nc2ccsc2C(=O)OC)c1. The van der Waals surface area contributed by atoms with Gasteiger partial charge in [-0.3, -0.25) is 5.43 Å². The van der Waals surface area contributed by atoms with Crippen molar-refractivity contribution in [3.8, 4) is 11.8 Å². The molecular formula is C31H37FN6O6S. The highest BCUT2D eigenvalue weighted by Crippen LogP contribution is 2.31. The Labute approximate surface area is 265 Å². The zero-order valence-electron chi connectivity index (χ0n) is 25.7. The predicted octanol–water partition coefficient (Wildman–Crippen LogP) is 5.04. The molecule has 0 fully saturated rings. The molecule has 0 bridgehead atoms. The number of anilines is 2. The van der Waals surface area contributed by atoms with Crippen LogP contribution in [0, 0.1) is 17.1 Å². The zero-order chi connectivity index (χ0) is 33.1. The molecule has 1 aromatic heterocycles. The van der Waals surface area contributed by atoms with E-state index < -0.39 is 29.5 Å². The number of nitrogens with one attached hydrogen (secondary N) is 3. The third kappa shape index (κ3) is 9.56. The van der Waals surface area contributed by atoms with Crippen molar-refractivity contribution in [1.29, 1.82) is 5.26 Å². The van der Waals surface area contributed by atoms with Gasteiger partial charge in [0.05, 0.1) is 31.0 Å². The number of amidine groups is 1. The second kappa shape index (κ2) is 15.7. The largest absolute Gasteiger partial charge is 0.488 e. The van der Waals surface area contributed by atoms with Crippen LogP contribution in [0.3, 0.4) is 0 Å². The summed E-state index contributed by atoms with van der Waals surface area (Å²) in [6, 6.07) is 10.6. The number of aliphatic hydroxyl groups excluding tert-OH is 1. The quantitative estimate of drug-likeness (QED) is 0.0735. The van der Waals surface area contributed by atoms with Crippen molar-refractivity contribution in [1.82, 2.24) is 5.32 Å². The number of nitrogens with zero attached hydrogens (tertiary/aromatic N) is 2. The Morgan fingerprint density at radius 3 is 2.62 bits per heavy atom. The number of alkyl carbamates (subject to hydrolysis) is 1. The first-order valence-electron chi connectivity index (χ1n) is 14.0. The maximum atomic E-state index is 16.0. The molecule has 3 aromatic rings. The van der Waals surface area contributed by atoms with Gasteiger partial charge in [-0.25, -0.2) is 14.0 Å². The van der Waals surface area contributed by atoms with E-state index in [1.807, 2.05) is 6.92 Å². The topological polar surface area (TPSA) is 180 Å². The minimum absolute atomic E-state index is 0.0175. The molecule has 0 radical (unpaired) electrons. The van der Waals surface area contributed by atoms with Crippen molar-refractivity contribution in [2.75, 3.05) is 31.1 Å². The first-order chi connectivity index (χ1) is 21.4. The van der Waals surface area contributed by atoms with Gasteiger partial charge in [-0.2, -0.15) is 10.4 Å². The van der Waals surface area contributed by atoms with Gasteiger partial charge in [-0.1, -0.05) is 13.0 Å². The molecule has 14 heteroatoms. The van der Waals surface area contributed by atoms with E-state index in [0.717, 1.165) is 16.9 Å². The number of hydrogen-bond acceptors (Lipinski definition) is 11. The number of nitrogens with two attached hydrogens (primary N) is 1. The van der Waals surface area contributed by atoms with Gasteiger partial charge in [-0.05, 0) is 74.0 Å². The lowest BCUT2D eigenvalue weighted by Crippen LogP contribution is -2.32. The molecule has 0 aliphatic rings. The third-order valence-corrected chi connectivity index (χ3v) is 7.09. The number of ether oxygens (including phenoxy) is 3. The normalized spacial score (nSPS) is 12.1. The van der Waals surface area contributed by atoms with E-state index in [2.05, 4.69) is 27.2 Å². The number of aliphatic hydroxyl groups is 1. The van der Waals surface area contributed by atoms with Gasteiger partial charge >= 0.3 is 12.1 Å². The molecule has 0 saturated heterocycles. The summed E-state index contributed by atoms with van der Waals surface area (Å²) in [5.74, 6) is -1.45. The first-order valence-corrected chi connectivity index (χ1v) is 14.9. The van der Waals surface area contributed by atoms with Gasteiger partial charge in [0, 0.05) is 17.8 Å². The van der Waals surface area contributed by atoms with Gasteiger partial charge in [-0.15, -0.1) is 11.3 Å². The van der Waals surface area contributed by atoms with Crippen LogP contribution in [0.4, 0.5) is 20.6 Å². The minimum Gasteiger partial charge on any atom is -0.488 e. The Morgan fingerprint density at radius 1 is 1.22 bits per heavy atom. The van der Waals surface area contributed by atoms with E-state index in [4.69, 9.17) is 19.9 Å². The summed E-state index contributed by atoms with van der Waals surface area (Å²) in [5.41, 5.74) is 10.9. The lowest BCUT2D eigenvalue weighted by atomic mass is 9.99. The molecule has 0 spiro atoms. The highest BCUT2D eigenvalue weighted by molar-refractivity contribution is 7.12. The van der Waals surface area contributed by atoms with Crippen LogP contribution in [-0.2, 0) is 22.4 Å². The fraction of sp³-hybridized carbons (Fsp3) is 0.355. The van der Waals surface area contributed by atoms with Crippen molar-refractivity contribution in [2.24, 2.45) is 10.8 Å². The highest BCUT2D eigenvalue weighted by Gasteiger charge is 2.25. The number of rotatable bonds is 13. The van der Waals surface area contributed by atoms with Crippen LogP contribution >= 0.6 is 11.3 Å². The standard InChI is InChI=1S/C31H37FN6O6S/c1-6-18-13-22(25(32)24(14-18)43-11-10-39)26(28(34)38-37-23-9-12-45-27(23)29(40)42-5)36-21-8-7-19(16-33)20(15-21)17-35-30(41)44-31(2,3)4/h7-9,12-15,26,36-37,39H,6,10-11,17H2,1-5H3,(H2,34,38)(H,35,41). The average Bonchev–Trinajstić information content (AvgIpc) is 3.48. The number of carbonyl (C=O) groups excluding carboxylic acids is 2. The summed E-state index contributed by atoms with van der Waals surface area (Å²) in [4.78, 5) is 24.7. The van der Waals surface area contributed by atoms with Crippen LogP contribution in [-0.4, -0.2) is 48.9 Å². The predicted molar refractivity (Wildman–Crippen MR) is 170 cm³/mol. The Morgan fingerprint density at radius 2 is 1.98 bits per heavy atom. The van der Waals surface area contributed by atoms with Crippen LogP contribution < -0.4 is 26.5 Å². The monoisotopic (exact) mass is 640 g/mol. The number of esters is 1. The Hall–Kier alpha value is -4.87. The van der Waals surface area contributed by atoms with E-state index in [1.54, 1.807) is 62.5 Å². The lowest BCUT2D eigenvalue weighted by molar-refractivity contribution is 0.0522. The molecule has 240 valence electrons. The number of hydrazone groups is 1. The molecule has 1 atom stereocenters. The van der Waals surface area contributed by atoms with Gasteiger partial charge in [0.15, 0.2) is 11.6 Å². The maximum Gasteiger partial charge on any atom is 0.407 e. The molecular weight excluding hydrogens is 603 g/mol. The molecule has 45 heavy (non-hydrogen) atoms. The molecule has 12 nitrogen and oxygen atoms in total. The third-order valence-electron chi connectivity index (χ3n) is 6.19. The molecule has 0 saturated carbocycles. The van der Waals surface area contributed by atoms with E-state index in [-0.39, 0.29) is 41.8 Å². The number of benzene rings is 2. The number of thiophene rings is 1. The molecule has 1 heterocycles. The Bertz CT molecular complexity index is 1580. The van der Waals surface area contributed by atoms with Crippen molar-refractivity contribution in [2.45, 2.75) is 52.3 Å². The molecule has 2 aromatic carbocycles. The van der Waals surface area contributed by atoms with E-state index in [0.29, 0.717) is 28.9 Å². The molecule has 0 aliphatic carbocycles. The van der Waals surface area contributed by atoms with Crippen LogP contribution in [0.5, 0.6) is 5.75 Å². The number of halogens is 1. The molecule has 6 N–H and O–H groups in total. The van der Waals surface area contributed by atoms with E-state index >= 15 is 4.39 Å². The summed E-state index contributed by atoms with van der Waals surface area (Å²) in [6.45, 7) is 6.65. The summed E-state index contributed by atoms with van der Waals surface area (Å²) in [6.07, 6.45) is -0.113. The number of hydrogen-bond donors (Lipinski definition) is 5. The van der Waals surface area contributed by atoms with Crippen molar-refractivity contribution in [3.63, 3.8) is 0 Å². The second-order valence-electron chi connectivity index (χ2n) is 10.6. The van der Waals surface area contributed by atoms with Gasteiger partial charge in [0.1, 0.15) is 29.0 Å². The van der Waals surface area contributed by atoms with Gasteiger partial charge < -0.3 is 35.7 Å². The lowest BCUT2D eigenvalue weighted by Gasteiger charge is -2.23. The van der Waals surface area contributed by atoms with Gasteiger partial charge in [0.25, 0.3) is 0 Å². The zero-order valence-corrected chi connectivity index (χ0v) is 26.5. The van der Waals surface area contributed by atoms with Crippen LogP contribution in [0.15, 0.2) is 46.9 Å². The Kier molecular flexibility index (Phi) is 12.1. The molecule has 3 rings (SSSR count). The van der Waals surface area contributed by atoms with E-state index in [9.17, 15) is 20.0 Å². The van der Waals surface area contributed by atoms with Crippen molar-refractivity contribution >= 4 is 40.6 Å². The summed E-state index contributed by atoms with van der Waals surface area (Å²) < 4.78 is 31.5. The second-order valence-corrected chi connectivity index (χ2v) is 11.6. The first kappa shape index (κ1) is 34.6. The number of aryl methyl sites for hydroxylation is 1. The number of nitriles is 1. The fourth-order valence-electron chi connectivity index (χ4n) is 4.09. The number of amides is 1. The molecule has 0 aliphatic heterocycles. The smallest absolute Gasteiger partial charge is 0.407 e. The van der Waals surface area contributed by atoms with Crippen molar-refractivity contribution in [3.05, 3.63) is 74.7 Å².